The Labute approximate surface area is 212 Å². The number of benzene rings is 2. The predicted octanol–water partition coefficient (Wildman–Crippen LogP) is 5.32. The molecule has 12 heteroatoms. The molecule has 0 spiro atoms. The number of hydrogen-bond donors (Lipinski definition) is 0. The Balaban J connectivity index is 1.62. The van der Waals surface area contributed by atoms with Gasteiger partial charge in [-0.05, 0) is 23.8 Å². The van der Waals surface area contributed by atoms with E-state index in [-0.39, 0.29) is 23.4 Å². The third-order valence-electron chi connectivity index (χ3n) is 5.76. The van der Waals surface area contributed by atoms with Crippen molar-refractivity contribution in [2.45, 2.75) is 24.7 Å². The SMILES string of the molecule is CN(c1ncc(C(F)(F)F)cc1Cl)N(C[C@@H]1C[C@@H](c2ccccc2)N(c2ccccc2)O1)S(C)(=O)=O. The molecule has 1 saturated heterocycles. The van der Waals surface area contributed by atoms with Crippen molar-refractivity contribution >= 4 is 33.1 Å². The zero-order valence-electron chi connectivity index (χ0n) is 19.4. The second-order valence-electron chi connectivity index (χ2n) is 8.37. The molecule has 0 aliphatic carbocycles. The minimum atomic E-state index is -4.63. The van der Waals surface area contributed by atoms with E-state index < -0.39 is 27.9 Å². The number of nitrogens with zero attached hydrogens (tertiary/aromatic N) is 4. The van der Waals surface area contributed by atoms with Gasteiger partial charge in [-0.3, -0.25) is 9.85 Å². The van der Waals surface area contributed by atoms with Crippen LogP contribution in [0.1, 0.15) is 23.6 Å². The van der Waals surface area contributed by atoms with Crippen LogP contribution in [0.4, 0.5) is 24.7 Å². The van der Waals surface area contributed by atoms with Crippen LogP contribution in [0.25, 0.3) is 0 Å². The van der Waals surface area contributed by atoms with Crippen molar-refractivity contribution in [3.8, 4) is 0 Å². The average Bonchev–Trinajstić information content (AvgIpc) is 3.26. The van der Waals surface area contributed by atoms with Gasteiger partial charge in [-0.2, -0.15) is 13.2 Å². The number of halogens is 4. The van der Waals surface area contributed by atoms with Gasteiger partial charge in [0.25, 0.3) is 0 Å². The number of rotatable bonds is 7. The summed E-state index contributed by atoms with van der Waals surface area (Å²) in [4.78, 5) is 10.0. The fourth-order valence-electron chi connectivity index (χ4n) is 4.08. The lowest BCUT2D eigenvalue weighted by Gasteiger charge is -2.32. The Morgan fingerprint density at radius 2 is 1.72 bits per heavy atom. The molecule has 1 aliphatic heterocycles. The monoisotopic (exact) mass is 540 g/mol. The molecule has 7 nitrogen and oxygen atoms in total. The summed E-state index contributed by atoms with van der Waals surface area (Å²) in [6.07, 6.45) is -3.12. The molecule has 1 fully saturated rings. The van der Waals surface area contributed by atoms with Gasteiger partial charge in [-0.15, -0.1) is 4.41 Å². The zero-order valence-corrected chi connectivity index (χ0v) is 21.0. The van der Waals surface area contributed by atoms with E-state index in [0.717, 1.165) is 33.0 Å². The number of hydrazine groups is 1. The Morgan fingerprint density at radius 1 is 1.11 bits per heavy atom. The molecule has 2 heterocycles. The fourth-order valence-corrected chi connectivity index (χ4v) is 5.32. The molecule has 3 aromatic rings. The summed E-state index contributed by atoms with van der Waals surface area (Å²) >= 11 is 6.08. The molecule has 0 N–H and O–H groups in total. The van der Waals surface area contributed by atoms with Crippen LogP contribution in [0.15, 0.2) is 72.9 Å². The molecule has 0 radical (unpaired) electrons. The maximum atomic E-state index is 13.0. The molecule has 1 aliphatic rings. The highest BCUT2D eigenvalue weighted by molar-refractivity contribution is 7.88. The number of anilines is 2. The lowest BCUT2D eigenvalue weighted by Crippen LogP contribution is -2.48. The number of alkyl halides is 3. The molecule has 2 aromatic carbocycles. The number of aromatic nitrogens is 1. The molecule has 0 amide bonds. The maximum Gasteiger partial charge on any atom is 0.417 e. The largest absolute Gasteiger partial charge is 0.417 e. The minimum Gasteiger partial charge on any atom is -0.278 e. The maximum absolute atomic E-state index is 13.0. The molecule has 192 valence electrons. The highest BCUT2D eigenvalue weighted by atomic mass is 35.5. The molecule has 36 heavy (non-hydrogen) atoms. The topological polar surface area (TPSA) is 66.0 Å². The van der Waals surface area contributed by atoms with Gasteiger partial charge in [-0.25, -0.2) is 18.5 Å². The summed E-state index contributed by atoms with van der Waals surface area (Å²) in [5.41, 5.74) is 0.773. The molecular weight excluding hydrogens is 517 g/mol. The van der Waals surface area contributed by atoms with Gasteiger partial charge in [0.05, 0.1) is 35.1 Å². The normalized spacial score (nSPS) is 18.6. The van der Waals surface area contributed by atoms with E-state index in [4.69, 9.17) is 16.4 Å². The van der Waals surface area contributed by atoms with Crippen LogP contribution in [0.5, 0.6) is 0 Å². The van der Waals surface area contributed by atoms with Crippen molar-refractivity contribution in [1.29, 1.82) is 0 Å². The third kappa shape index (κ3) is 5.75. The second kappa shape index (κ2) is 10.3. The van der Waals surface area contributed by atoms with E-state index in [0.29, 0.717) is 12.6 Å². The van der Waals surface area contributed by atoms with Gasteiger partial charge < -0.3 is 0 Å². The van der Waals surface area contributed by atoms with Gasteiger partial charge in [0.1, 0.15) is 6.10 Å². The van der Waals surface area contributed by atoms with Crippen molar-refractivity contribution < 1.29 is 26.4 Å². The van der Waals surface area contributed by atoms with Crippen LogP contribution < -0.4 is 10.1 Å². The van der Waals surface area contributed by atoms with Crippen molar-refractivity contribution in [3.05, 3.63) is 89.1 Å². The molecular formula is C24H24ClF3N4O3S. The standard InChI is InChI=1S/C24H24ClF3N4O3S/c1-30(23-21(25)13-18(15-29-23)24(26,27)28)31(36(2,33)34)16-20-14-22(17-9-5-3-6-10-17)32(35-20)19-11-7-4-8-12-19/h3-13,15,20,22H,14,16H2,1-2H3/t20-,22-/m0/s1. The number of pyridine rings is 1. The number of hydrogen-bond acceptors (Lipinski definition) is 6. The second-order valence-corrected chi connectivity index (χ2v) is 10.7. The number of sulfonamides is 1. The number of para-hydroxylation sites is 1. The van der Waals surface area contributed by atoms with E-state index in [2.05, 4.69) is 4.98 Å². The van der Waals surface area contributed by atoms with Crippen LogP contribution in [0, 0.1) is 0 Å². The van der Waals surface area contributed by atoms with Gasteiger partial charge in [0.15, 0.2) is 5.82 Å². The van der Waals surface area contributed by atoms with Gasteiger partial charge >= 0.3 is 6.18 Å². The van der Waals surface area contributed by atoms with Gasteiger partial charge in [0.2, 0.25) is 10.0 Å². The fraction of sp³-hybridized carbons (Fsp3) is 0.292. The van der Waals surface area contributed by atoms with Crippen LogP contribution in [0.2, 0.25) is 5.02 Å². The third-order valence-corrected chi connectivity index (χ3v) is 7.20. The lowest BCUT2D eigenvalue weighted by atomic mass is 10.0. The van der Waals surface area contributed by atoms with Crippen molar-refractivity contribution in [2.75, 3.05) is 29.9 Å². The first-order chi connectivity index (χ1) is 16.9. The summed E-state index contributed by atoms with van der Waals surface area (Å²) < 4.78 is 65.6. The quantitative estimate of drug-likeness (QED) is 0.378. The zero-order chi connectivity index (χ0) is 26.1. The summed E-state index contributed by atoms with van der Waals surface area (Å²) in [6, 6.07) is 19.6. The molecule has 1 aromatic heterocycles. The summed E-state index contributed by atoms with van der Waals surface area (Å²) in [7, 11) is -2.50. The van der Waals surface area contributed by atoms with Crippen LogP contribution >= 0.6 is 11.6 Å². The van der Waals surface area contributed by atoms with Crippen LogP contribution in [0.3, 0.4) is 0 Å². The lowest BCUT2D eigenvalue weighted by molar-refractivity contribution is -0.137. The highest BCUT2D eigenvalue weighted by Gasteiger charge is 2.39. The Bertz CT molecular complexity index is 1250. The van der Waals surface area contributed by atoms with E-state index in [9.17, 15) is 21.6 Å². The van der Waals surface area contributed by atoms with Crippen molar-refractivity contribution in [1.82, 2.24) is 9.40 Å². The van der Waals surface area contributed by atoms with Gasteiger partial charge in [-0.1, -0.05) is 60.1 Å². The first-order valence-corrected chi connectivity index (χ1v) is 13.2. The summed E-state index contributed by atoms with van der Waals surface area (Å²) in [5.74, 6) is -0.132. The highest BCUT2D eigenvalue weighted by Crippen LogP contribution is 2.39. The predicted molar refractivity (Wildman–Crippen MR) is 132 cm³/mol. The molecule has 0 unspecified atom stereocenters. The Hall–Kier alpha value is -2.86. The summed E-state index contributed by atoms with van der Waals surface area (Å²) in [6.45, 7) is -0.110. The smallest absolute Gasteiger partial charge is 0.278 e. The van der Waals surface area contributed by atoms with Crippen LogP contribution in [-0.2, 0) is 21.0 Å². The van der Waals surface area contributed by atoms with Crippen LogP contribution in [-0.4, -0.2) is 43.8 Å². The van der Waals surface area contributed by atoms with E-state index >= 15 is 0 Å². The van der Waals surface area contributed by atoms with Crippen molar-refractivity contribution in [3.63, 3.8) is 0 Å². The Morgan fingerprint density at radius 3 is 2.28 bits per heavy atom. The van der Waals surface area contributed by atoms with Crippen molar-refractivity contribution in [2.24, 2.45) is 0 Å². The Kier molecular flexibility index (Phi) is 7.46. The minimum absolute atomic E-state index is 0.110. The van der Waals surface area contributed by atoms with E-state index in [1.54, 1.807) is 5.06 Å². The molecule has 2 atom stereocenters. The van der Waals surface area contributed by atoms with E-state index in [1.807, 2.05) is 60.7 Å². The number of hydroxylamine groups is 1. The molecule has 4 rings (SSSR count). The first-order valence-electron chi connectivity index (χ1n) is 10.9. The molecule has 0 saturated carbocycles. The first kappa shape index (κ1) is 26.2. The van der Waals surface area contributed by atoms with E-state index in [1.165, 1.54) is 7.05 Å². The molecule has 0 bridgehead atoms. The van der Waals surface area contributed by atoms with Gasteiger partial charge in [0, 0.05) is 19.7 Å². The summed E-state index contributed by atoms with van der Waals surface area (Å²) in [5, 5.41) is 2.55. The average molecular weight is 541 g/mol.